The predicted molar refractivity (Wildman–Crippen MR) is 68.6 cm³/mol. The Kier molecular flexibility index (Phi) is 9.24. The van der Waals surface area contributed by atoms with E-state index >= 15 is 0 Å². The third-order valence-corrected chi connectivity index (χ3v) is 2.49. The summed E-state index contributed by atoms with van der Waals surface area (Å²) in [4.78, 5) is 15.2. The van der Waals surface area contributed by atoms with Crippen molar-refractivity contribution in [3.05, 3.63) is 0 Å². The first-order valence-electron chi connectivity index (χ1n) is 6.10. The maximum atomic E-state index is 10.6. The first-order chi connectivity index (χ1) is 7.52. The molecule has 1 amide bonds. The molecule has 0 atom stereocenters. The zero-order valence-corrected chi connectivity index (χ0v) is 11.3. The molecular formula is C12H27N3O. The number of hydrogen-bond donors (Lipinski definition) is 1. The van der Waals surface area contributed by atoms with Gasteiger partial charge in [0.15, 0.2) is 0 Å². The summed E-state index contributed by atoms with van der Waals surface area (Å²) < 4.78 is 0. The fourth-order valence-electron chi connectivity index (χ4n) is 1.53. The molecule has 0 aromatic heterocycles. The SMILES string of the molecule is CC(=O)NCCCN(C)CCCCN(C)C. The molecular weight excluding hydrogens is 202 g/mol. The largest absolute Gasteiger partial charge is 0.356 e. The van der Waals surface area contributed by atoms with E-state index in [1.54, 1.807) is 6.92 Å². The van der Waals surface area contributed by atoms with Crippen LogP contribution in [0.3, 0.4) is 0 Å². The van der Waals surface area contributed by atoms with E-state index in [1.165, 1.54) is 19.4 Å². The van der Waals surface area contributed by atoms with Crippen LogP contribution in [-0.2, 0) is 4.79 Å². The molecule has 0 rings (SSSR count). The molecule has 0 bridgehead atoms. The van der Waals surface area contributed by atoms with Gasteiger partial charge in [0.2, 0.25) is 5.91 Å². The smallest absolute Gasteiger partial charge is 0.216 e. The van der Waals surface area contributed by atoms with Crippen LogP contribution in [0.25, 0.3) is 0 Å². The van der Waals surface area contributed by atoms with Crippen LogP contribution < -0.4 is 5.32 Å². The molecule has 0 heterocycles. The molecule has 0 spiro atoms. The summed E-state index contributed by atoms with van der Waals surface area (Å²) in [6.07, 6.45) is 3.53. The van der Waals surface area contributed by atoms with Crippen LogP contribution in [0.1, 0.15) is 26.2 Å². The fourth-order valence-corrected chi connectivity index (χ4v) is 1.53. The number of hydrogen-bond acceptors (Lipinski definition) is 3. The molecule has 0 aliphatic heterocycles. The fraction of sp³-hybridized carbons (Fsp3) is 0.917. The van der Waals surface area contributed by atoms with Crippen molar-refractivity contribution in [2.24, 2.45) is 0 Å². The second kappa shape index (κ2) is 9.60. The van der Waals surface area contributed by atoms with Crippen molar-refractivity contribution in [2.45, 2.75) is 26.2 Å². The molecule has 0 saturated carbocycles. The summed E-state index contributed by atoms with van der Waals surface area (Å²) in [5.74, 6) is 0.0636. The van der Waals surface area contributed by atoms with Crippen molar-refractivity contribution in [1.82, 2.24) is 15.1 Å². The minimum atomic E-state index is 0.0636. The Labute approximate surface area is 100.0 Å². The summed E-state index contributed by atoms with van der Waals surface area (Å²) in [5.41, 5.74) is 0. The van der Waals surface area contributed by atoms with Crippen LogP contribution in [0.5, 0.6) is 0 Å². The van der Waals surface area contributed by atoms with E-state index in [0.29, 0.717) is 0 Å². The van der Waals surface area contributed by atoms with Gasteiger partial charge in [-0.2, -0.15) is 0 Å². The highest BCUT2D eigenvalue weighted by molar-refractivity contribution is 5.72. The van der Waals surface area contributed by atoms with E-state index in [4.69, 9.17) is 0 Å². The molecule has 0 unspecified atom stereocenters. The lowest BCUT2D eigenvalue weighted by molar-refractivity contribution is -0.118. The van der Waals surface area contributed by atoms with Crippen molar-refractivity contribution in [3.63, 3.8) is 0 Å². The zero-order chi connectivity index (χ0) is 12.4. The maximum absolute atomic E-state index is 10.6. The monoisotopic (exact) mass is 229 g/mol. The number of rotatable bonds is 9. The van der Waals surface area contributed by atoms with Gasteiger partial charge in [-0.3, -0.25) is 4.79 Å². The second-order valence-electron chi connectivity index (χ2n) is 4.65. The Morgan fingerprint density at radius 2 is 1.56 bits per heavy atom. The minimum absolute atomic E-state index is 0.0636. The van der Waals surface area contributed by atoms with Gasteiger partial charge in [-0.05, 0) is 60.0 Å². The second-order valence-corrected chi connectivity index (χ2v) is 4.65. The summed E-state index contributed by atoms with van der Waals surface area (Å²) in [6, 6.07) is 0. The Bertz CT molecular complexity index is 183. The van der Waals surface area contributed by atoms with Crippen LogP contribution >= 0.6 is 0 Å². The lowest BCUT2D eigenvalue weighted by Gasteiger charge is -2.17. The lowest BCUT2D eigenvalue weighted by atomic mass is 10.2. The Morgan fingerprint density at radius 1 is 1.00 bits per heavy atom. The van der Waals surface area contributed by atoms with Gasteiger partial charge in [-0.15, -0.1) is 0 Å². The molecule has 4 heteroatoms. The molecule has 0 aliphatic rings. The highest BCUT2D eigenvalue weighted by atomic mass is 16.1. The van der Waals surface area contributed by atoms with Gasteiger partial charge >= 0.3 is 0 Å². The molecule has 1 N–H and O–H groups in total. The van der Waals surface area contributed by atoms with Crippen LogP contribution in [-0.4, -0.2) is 63.0 Å². The molecule has 16 heavy (non-hydrogen) atoms. The van der Waals surface area contributed by atoms with Gasteiger partial charge in [0.25, 0.3) is 0 Å². The third kappa shape index (κ3) is 11.5. The topological polar surface area (TPSA) is 35.6 Å². The average Bonchev–Trinajstić information content (AvgIpc) is 2.19. The number of carbonyl (C=O) groups is 1. The molecule has 0 saturated heterocycles. The van der Waals surface area contributed by atoms with Crippen LogP contribution in [0.2, 0.25) is 0 Å². The van der Waals surface area contributed by atoms with Gasteiger partial charge in [0.1, 0.15) is 0 Å². The third-order valence-electron chi connectivity index (χ3n) is 2.49. The van der Waals surface area contributed by atoms with Crippen molar-refractivity contribution in [2.75, 3.05) is 47.3 Å². The van der Waals surface area contributed by atoms with E-state index in [0.717, 1.165) is 26.1 Å². The summed E-state index contributed by atoms with van der Waals surface area (Å²) >= 11 is 0. The van der Waals surface area contributed by atoms with Crippen LogP contribution in [0.15, 0.2) is 0 Å². The van der Waals surface area contributed by atoms with E-state index in [2.05, 4.69) is 36.3 Å². The molecule has 0 aromatic carbocycles. The van der Waals surface area contributed by atoms with Crippen molar-refractivity contribution >= 4 is 5.91 Å². The number of unbranched alkanes of at least 4 members (excludes halogenated alkanes) is 1. The normalized spacial score (nSPS) is 11.1. The van der Waals surface area contributed by atoms with E-state index in [9.17, 15) is 4.79 Å². The average molecular weight is 229 g/mol. The highest BCUT2D eigenvalue weighted by Crippen LogP contribution is 1.95. The first-order valence-corrected chi connectivity index (χ1v) is 6.10. The van der Waals surface area contributed by atoms with E-state index in [-0.39, 0.29) is 5.91 Å². The highest BCUT2D eigenvalue weighted by Gasteiger charge is 1.99. The molecule has 0 fully saturated rings. The first kappa shape index (κ1) is 15.4. The van der Waals surface area contributed by atoms with Gasteiger partial charge in [-0.1, -0.05) is 0 Å². The van der Waals surface area contributed by atoms with Crippen molar-refractivity contribution in [3.8, 4) is 0 Å². The molecule has 0 aliphatic carbocycles. The van der Waals surface area contributed by atoms with Crippen LogP contribution in [0.4, 0.5) is 0 Å². The number of nitrogens with zero attached hydrogens (tertiary/aromatic N) is 2. The summed E-state index contributed by atoms with van der Waals surface area (Å²) in [6.45, 7) is 5.72. The standard InChI is InChI=1S/C12H27N3O/c1-12(16)13-8-7-11-15(4)10-6-5-9-14(2)3/h5-11H2,1-4H3,(H,13,16). The number of amides is 1. The Balaban J connectivity index is 3.24. The Morgan fingerprint density at radius 3 is 2.12 bits per heavy atom. The Hall–Kier alpha value is -0.610. The van der Waals surface area contributed by atoms with Gasteiger partial charge in [-0.25, -0.2) is 0 Å². The molecule has 96 valence electrons. The number of nitrogens with one attached hydrogen (secondary N) is 1. The number of carbonyl (C=O) groups excluding carboxylic acids is 1. The van der Waals surface area contributed by atoms with Crippen molar-refractivity contribution in [1.29, 1.82) is 0 Å². The lowest BCUT2D eigenvalue weighted by Crippen LogP contribution is -2.27. The van der Waals surface area contributed by atoms with E-state index < -0.39 is 0 Å². The van der Waals surface area contributed by atoms with Crippen molar-refractivity contribution < 1.29 is 4.79 Å². The van der Waals surface area contributed by atoms with Gasteiger partial charge in [0, 0.05) is 13.5 Å². The summed E-state index contributed by atoms with van der Waals surface area (Å²) in [5, 5.41) is 2.81. The van der Waals surface area contributed by atoms with E-state index in [1.807, 2.05) is 0 Å². The van der Waals surface area contributed by atoms with Crippen LogP contribution in [0, 0.1) is 0 Å². The molecule has 4 nitrogen and oxygen atoms in total. The van der Waals surface area contributed by atoms with Gasteiger partial charge < -0.3 is 15.1 Å². The van der Waals surface area contributed by atoms with Gasteiger partial charge in [0.05, 0.1) is 0 Å². The zero-order valence-electron chi connectivity index (χ0n) is 11.3. The molecule has 0 radical (unpaired) electrons. The minimum Gasteiger partial charge on any atom is -0.356 e. The summed E-state index contributed by atoms with van der Waals surface area (Å²) in [7, 11) is 6.36. The quantitative estimate of drug-likeness (QED) is 0.594. The molecule has 0 aromatic rings. The maximum Gasteiger partial charge on any atom is 0.216 e. The predicted octanol–water partition coefficient (Wildman–Crippen LogP) is 0.786.